The summed E-state index contributed by atoms with van der Waals surface area (Å²) in [6.07, 6.45) is 5.78. The summed E-state index contributed by atoms with van der Waals surface area (Å²) in [7, 11) is 0. The van der Waals surface area contributed by atoms with Gasteiger partial charge in [-0.3, -0.25) is 0 Å². The Morgan fingerprint density at radius 2 is 1.84 bits per heavy atom. The number of aromatic amines is 1. The molecular formula is C28H32ClN7O. The predicted molar refractivity (Wildman–Crippen MR) is 149 cm³/mol. The van der Waals surface area contributed by atoms with Crippen LogP contribution >= 0.6 is 12.4 Å². The zero-order valence-corrected chi connectivity index (χ0v) is 21.9. The monoisotopic (exact) mass is 517 g/mol. The van der Waals surface area contributed by atoms with Crippen molar-refractivity contribution in [3.63, 3.8) is 0 Å². The zero-order chi connectivity index (χ0) is 24.3. The standard InChI is InChI=1S/C28H31N7O.ClH/c1-19-30-28(36-34-19)21-11-12-22-23(18-21)31-27-25(22)26(29-13-8-16-35-14-6-3-7-15-35)32-24(33-27)17-20-9-4-2-5-10-20;/h2,4-5,9-12,18H,3,6-8,13-17H2,1H3,(H2,29,31,32,33);1H. The second-order valence-corrected chi connectivity index (χ2v) is 9.59. The summed E-state index contributed by atoms with van der Waals surface area (Å²) >= 11 is 0. The fraction of sp³-hybridized carbons (Fsp3) is 0.357. The average molecular weight is 518 g/mol. The van der Waals surface area contributed by atoms with E-state index in [1.54, 1.807) is 0 Å². The SMILES string of the molecule is Cc1noc(-c2ccc3c(c2)[nH]c2nc(Cc4ccccc4)nc(NCCCN4CCCCC4)c23)n1.Cl. The highest BCUT2D eigenvalue weighted by molar-refractivity contribution is 6.11. The molecule has 1 saturated heterocycles. The molecule has 0 spiro atoms. The lowest BCUT2D eigenvalue weighted by Crippen LogP contribution is -2.31. The quantitative estimate of drug-likeness (QED) is 0.252. The van der Waals surface area contributed by atoms with Crippen LogP contribution in [-0.4, -0.2) is 56.2 Å². The van der Waals surface area contributed by atoms with Gasteiger partial charge in [0.1, 0.15) is 17.3 Å². The second-order valence-electron chi connectivity index (χ2n) is 9.59. The minimum atomic E-state index is 0. The molecular weight excluding hydrogens is 486 g/mol. The van der Waals surface area contributed by atoms with Crippen LogP contribution in [0, 0.1) is 6.92 Å². The van der Waals surface area contributed by atoms with Crippen LogP contribution in [0.5, 0.6) is 0 Å². The predicted octanol–water partition coefficient (Wildman–Crippen LogP) is 5.77. The Morgan fingerprint density at radius 3 is 2.62 bits per heavy atom. The van der Waals surface area contributed by atoms with E-state index in [4.69, 9.17) is 14.5 Å². The first-order valence-electron chi connectivity index (χ1n) is 12.9. The van der Waals surface area contributed by atoms with Crippen LogP contribution in [0.3, 0.4) is 0 Å². The van der Waals surface area contributed by atoms with E-state index in [9.17, 15) is 0 Å². The van der Waals surface area contributed by atoms with Crippen molar-refractivity contribution in [1.82, 2.24) is 30.0 Å². The number of halogens is 1. The maximum absolute atomic E-state index is 5.38. The number of nitrogens with zero attached hydrogens (tertiary/aromatic N) is 5. The Labute approximate surface area is 222 Å². The minimum Gasteiger partial charge on any atom is -0.369 e. The lowest BCUT2D eigenvalue weighted by molar-refractivity contribution is 0.228. The van der Waals surface area contributed by atoms with Gasteiger partial charge in [0.15, 0.2) is 5.82 Å². The highest BCUT2D eigenvalue weighted by atomic mass is 35.5. The highest BCUT2D eigenvalue weighted by Crippen LogP contribution is 2.32. The van der Waals surface area contributed by atoms with Gasteiger partial charge in [-0.2, -0.15) is 4.98 Å². The van der Waals surface area contributed by atoms with Crippen molar-refractivity contribution in [2.24, 2.45) is 0 Å². The molecule has 2 N–H and O–H groups in total. The number of rotatable bonds is 8. The molecule has 8 nitrogen and oxygen atoms in total. The first-order valence-corrected chi connectivity index (χ1v) is 12.9. The molecule has 0 bridgehead atoms. The van der Waals surface area contributed by atoms with Gasteiger partial charge < -0.3 is 19.7 Å². The van der Waals surface area contributed by atoms with Gasteiger partial charge in [-0.1, -0.05) is 48.0 Å². The van der Waals surface area contributed by atoms with E-state index in [0.717, 1.165) is 58.7 Å². The Balaban J connectivity index is 0.00000280. The van der Waals surface area contributed by atoms with Crippen molar-refractivity contribution < 1.29 is 4.52 Å². The lowest BCUT2D eigenvalue weighted by atomic mass is 10.1. The fourth-order valence-corrected chi connectivity index (χ4v) is 5.07. The van der Waals surface area contributed by atoms with E-state index in [-0.39, 0.29) is 12.4 Å². The zero-order valence-electron chi connectivity index (χ0n) is 21.0. The molecule has 5 aromatic rings. The van der Waals surface area contributed by atoms with Crippen molar-refractivity contribution in [2.75, 3.05) is 31.5 Å². The number of piperidine rings is 1. The molecule has 0 amide bonds. The van der Waals surface area contributed by atoms with Gasteiger partial charge in [0.05, 0.1) is 5.39 Å². The first-order chi connectivity index (χ1) is 17.7. The molecule has 4 heterocycles. The van der Waals surface area contributed by atoms with Gasteiger partial charge in [-0.15, -0.1) is 12.4 Å². The van der Waals surface area contributed by atoms with Crippen LogP contribution in [0.25, 0.3) is 33.4 Å². The van der Waals surface area contributed by atoms with Crippen LogP contribution < -0.4 is 5.32 Å². The van der Waals surface area contributed by atoms with E-state index in [0.29, 0.717) is 18.1 Å². The Kier molecular flexibility index (Phi) is 7.67. The molecule has 0 saturated carbocycles. The van der Waals surface area contributed by atoms with Crippen molar-refractivity contribution in [3.05, 3.63) is 65.7 Å². The molecule has 37 heavy (non-hydrogen) atoms. The fourth-order valence-electron chi connectivity index (χ4n) is 5.07. The number of likely N-dealkylation sites (tertiary alicyclic amines) is 1. The number of fused-ring (bicyclic) bond motifs is 3. The minimum absolute atomic E-state index is 0. The van der Waals surface area contributed by atoms with E-state index in [2.05, 4.69) is 55.7 Å². The van der Waals surface area contributed by atoms with Crippen molar-refractivity contribution in [1.29, 1.82) is 0 Å². The molecule has 9 heteroatoms. The number of H-pyrrole nitrogens is 1. The van der Waals surface area contributed by atoms with Gasteiger partial charge in [0.25, 0.3) is 5.89 Å². The molecule has 6 rings (SSSR count). The smallest absolute Gasteiger partial charge is 0.257 e. The largest absolute Gasteiger partial charge is 0.369 e. The maximum Gasteiger partial charge on any atom is 0.257 e. The number of benzene rings is 2. The van der Waals surface area contributed by atoms with Crippen LogP contribution in [0.1, 0.15) is 42.9 Å². The Morgan fingerprint density at radius 1 is 1.00 bits per heavy atom. The summed E-state index contributed by atoms with van der Waals surface area (Å²) < 4.78 is 5.38. The highest BCUT2D eigenvalue weighted by Gasteiger charge is 2.16. The maximum atomic E-state index is 5.38. The topological polar surface area (TPSA) is 95.8 Å². The molecule has 1 aliphatic heterocycles. The van der Waals surface area contributed by atoms with E-state index >= 15 is 0 Å². The number of nitrogens with one attached hydrogen (secondary N) is 2. The summed E-state index contributed by atoms with van der Waals surface area (Å²) in [6.45, 7) is 6.27. The third-order valence-corrected chi connectivity index (χ3v) is 6.87. The second kappa shape index (κ2) is 11.3. The van der Waals surface area contributed by atoms with E-state index in [1.807, 2.05) is 25.1 Å². The number of aromatic nitrogens is 5. The normalized spacial score (nSPS) is 14.2. The van der Waals surface area contributed by atoms with Gasteiger partial charge in [-0.25, -0.2) is 9.97 Å². The van der Waals surface area contributed by atoms with Gasteiger partial charge in [0.2, 0.25) is 0 Å². The molecule has 2 aromatic carbocycles. The number of hydrogen-bond acceptors (Lipinski definition) is 7. The van der Waals surface area contributed by atoms with Crippen molar-refractivity contribution in [3.8, 4) is 11.5 Å². The molecule has 1 fully saturated rings. The molecule has 192 valence electrons. The molecule has 1 aliphatic rings. The third kappa shape index (κ3) is 5.60. The number of hydrogen-bond donors (Lipinski definition) is 2. The van der Waals surface area contributed by atoms with E-state index in [1.165, 1.54) is 37.9 Å². The molecule has 0 radical (unpaired) electrons. The Hall–Kier alpha value is -3.49. The van der Waals surface area contributed by atoms with Crippen LogP contribution in [0.4, 0.5) is 5.82 Å². The first kappa shape index (κ1) is 25.2. The summed E-state index contributed by atoms with van der Waals surface area (Å²) in [4.78, 5) is 20.4. The summed E-state index contributed by atoms with van der Waals surface area (Å²) in [6, 6.07) is 16.5. The third-order valence-electron chi connectivity index (χ3n) is 6.87. The van der Waals surface area contributed by atoms with Gasteiger partial charge in [0, 0.05) is 29.4 Å². The van der Waals surface area contributed by atoms with Gasteiger partial charge in [-0.05, 0) is 63.5 Å². The summed E-state index contributed by atoms with van der Waals surface area (Å²) in [5.41, 5.74) is 3.88. The number of aryl methyl sites for hydroxylation is 1. The van der Waals surface area contributed by atoms with Crippen LogP contribution in [-0.2, 0) is 6.42 Å². The van der Waals surface area contributed by atoms with Gasteiger partial charge >= 0.3 is 0 Å². The summed E-state index contributed by atoms with van der Waals surface area (Å²) in [5, 5.41) is 9.67. The average Bonchev–Trinajstić information content (AvgIpc) is 3.50. The summed E-state index contributed by atoms with van der Waals surface area (Å²) in [5.74, 6) is 2.82. The van der Waals surface area contributed by atoms with Crippen LogP contribution in [0.2, 0.25) is 0 Å². The Bertz CT molecular complexity index is 1470. The van der Waals surface area contributed by atoms with E-state index < -0.39 is 0 Å². The lowest BCUT2D eigenvalue weighted by Gasteiger charge is -2.26. The molecule has 0 aliphatic carbocycles. The van der Waals surface area contributed by atoms with Crippen molar-refractivity contribution >= 4 is 40.2 Å². The number of anilines is 1. The molecule has 0 atom stereocenters. The van der Waals surface area contributed by atoms with Crippen LogP contribution in [0.15, 0.2) is 53.1 Å². The molecule has 3 aromatic heterocycles. The van der Waals surface area contributed by atoms with Crippen molar-refractivity contribution in [2.45, 2.75) is 39.0 Å². The molecule has 0 unspecified atom stereocenters.